The summed E-state index contributed by atoms with van der Waals surface area (Å²) in [5.74, 6) is 0.944. The third-order valence-corrected chi connectivity index (χ3v) is 3.91. The molecule has 0 saturated heterocycles. The minimum Gasteiger partial charge on any atom is -0.490 e. The molecule has 0 radical (unpaired) electrons. The van der Waals surface area contributed by atoms with Gasteiger partial charge in [-0.25, -0.2) is 0 Å². The quantitative estimate of drug-likeness (QED) is 0.907. The fraction of sp³-hybridized carbons (Fsp3) is 0.333. The highest BCUT2D eigenvalue weighted by Crippen LogP contribution is 2.32. The maximum Gasteiger partial charge on any atom is 0.174 e. The van der Waals surface area contributed by atoms with Crippen LogP contribution in [0.15, 0.2) is 45.7 Å². The molecule has 1 aliphatic carbocycles. The first-order valence-corrected chi connectivity index (χ1v) is 7.24. The van der Waals surface area contributed by atoms with Gasteiger partial charge in [0.15, 0.2) is 4.67 Å². The molecule has 1 atom stereocenters. The first-order valence-electron chi connectivity index (χ1n) is 6.44. The monoisotopic (exact) mass is 321 g/mol. The first-order chi connectivity index (χ1) is 9.28. The number of nitrogens with one attached hydrogen (secondary N) is 1. The van der Waals surface area contributed by atoms with Gasteiger partial charge in [0.25, 0.3) is 0 Å². The van der Waals surface area contributed by atoms with Crippen molar-refractivity contribution in [2.24, 2.45) is 0 Å². The van der Waals surface area contributed by atoms with Crippen molar-refractivity contribution < 1.29 is 9.15 Å². The van der Waals surface area contributed by atoms with Crippen molar-refractivity contribution in [3.8, 4) is 5.75 Å². The molecule has 1 unspecified atom stereocenters. The smallest absolute Gasteiger partial charge is 0.174 e. The maximum absolute atomic E-state index is 5.85. The summed E-state index contributed by atoms with van der Waals surface area (Å²) in [5.41, 5.74) is 2.26. The number of rotatable bonds is 5. The van der Waals surface area contributed by atoms with Crippen molar-refractivity contribution in [3.05, 3.63) is 52.4 Å². The van der Waals surface area contributed by atoms with E-state index in [-0.39, 0.29) is 6.04 Å². The fourth-order valence-corrected chi connectivity index (χ4v) is 2.63. The van der Waals surface area contributed by atoms with Crippen molar-refractivity contribution in [1.82, 2.24) is 5.32 Å². The minimum absolute atomic E-state index is 0.0934. The molecule has 1 aromatic heterocycles. The second-order valence-corrected chi connectivity index (χ2v) is 5.48. The van der Waals surface area contributed by atoms with Gasteiger partial charge in [-0.2, -0.15) is 0 Å². The largest absolute Gasteiger partial charge is 0.490 e. The predicted octanol–water partition coefficient (Wildman–Crippen LogP) is 3.89. The van der Waals surface area contributed by atoms with Crippen molar-refractivity contribution >= 4 is 15.9 Å². The highest BCUT2D eigenvalue weighted by Gasteiger charge is 2.24. The summed E-state index contributed by atoms with van der Waals surface area (Å²) >= 11 is 3.44. The normalized spacial score (nSPS) is 16.3. The lowest BCUT2D eigenvalue weighted by atomic mass is 10.0. The molecule has 1 fully saturated rings. The van der Waals surface area contributed by atoms with E-state index in [1.165, 1.54) is 18.4 Å². The van der Waals surface area contributed by atoms with Gasteiger partial charge in [-0.1, -0.05) is 12.1 Å². The predicted molar refractivity (Wildman–Crippen MR) is 77.4 cm³/mol. The van der Waals surface area contributed by atoms with Crippen LogP contribution in [0.3, 0.4) is 0 Å². The third-order valence-electron chi connectivity index (χ3n) is 3.26. The Labute approximate surface area is 121 Å². The van der Waals surface area contributed by atoms with Gasteiger partial charge in [0.2, 0.25) is 0 Å². The Hall–Kier alpha value is -1.26. The molecule has 3 rings (SSSR count). The van der Waals surface area contributed by atoms with E-state index in [4.69, 9.17) is 9.15 Å². The molecule has 100 valence electrons. The van der Waals surface area contributed by atoms with Crippen LogP contribution >= 0.6 is 15.9 Å². The molecule has 4 heteroatoms. The highest BCUT2D eigenvalue weighted by molar-refractivity contribution is 9.10. The lowest BCUT2D eigenvalue weighted by Gasteiger charge is -2.16. The summed E-state index contributed by atoms with van der Waals surface area (Å²) < 4.78 is 11.9. The average Bonchev–Trinajstić information content (AvgIpc) is 3.13. The van der Waals surface area contributed by atoms with Crippen LogP contribution in [0.1, 0.15) is 30.0 Å². The van der Waals surface area contributed by atoms with Crippen LogP contribution in [0.4, 0.5) is 0 Å². The van der Waals surface area contributed by atoms with Crippen LogP contribution in [0, 0.1) is 0 Å². The Morgan fingerprint density at radius 2 is 2.21 bits per heavy atom. The zero-order valence-corrected chi connectivity index (χ0v) is 12.3. The van der Waals surface area contributed by atoms with Crippen molar-refractivity contribution in [3.63, 3.8) is 0 Å². The summed E-state index contributed by atoms with van der Waals surface area (Å²) in [4.78, 5) is 0. The molecule has 1 N–H and O–H groups in total. The summed E-state index contributed by atoms with van der Waals surface area (Å²) in [5, 5.41) is 3.31. The standard InChI is InChI=1S/C15H16BrNO2/c1-17-14(13-7-8-18-15(13)16)10-3-2-4-12(9-10)19-11-5-6-11/h2-4,7-9,11,14,17H,5-6H2,1H3. The van der Waals surface area contributed by atoms with E-state index in [9.17, 15) is 0 Å². The minimum atomic E-state index is 0.0934. The topological polar surface area (TPSA) is 34.4 Å². The molecule has 0 aliphatic heterocycles. The molecule has 0 amide bonds. The van der Waals surface area contributed by atoms with Gasteiger partial charge in [-0.3, -0.25) is 0 Å². The molecule has 19 heavy (non-hydrogen) atoms. The van der Waals surface area contributed by atoms with Gasteiger partial charge < -0.3 is 14.5 Å². The van der Waals surface area contributed by atoms with Crippen LogP contribution in [0.25, 0.3) is 0 Å². The zero-order valence-electron chi connectivity index (χ0n) is 10.7. The number of halogens is 1. The molecule has 3 nitrogen and oxygen atoms in total. The van der Waals surface area contributed by atoms with Crippen molar-refractivity contribution in [1.29, 1.82) is 0 Å². The van der Waals surface area contributed by atoms with Gasteiger partial charge >= 0.3 is 0 Å². The van der Waals surface area contributed by atoms with Crippen LogP contribution in [0.2, 0.25) is 0 Å². The van der Waals surface area contributed by atoms with Gasteiger partial charge in [0.05, 0.1) is 18.4 Å². The molecule has 0 bridgehead atoms. The molecule has 1 saturated carbocycles. The molecule has 0 spiro atoms. The molecule has 1 aliphatic rings. The van der Waals surface area contributed by atoms with E-state index in [0.29, 0.717) is 6.10 Å². The number of ether oxygens (including phenoxy) is 1. The molecular formula is C15H16BrNO2. The SMILES string of the molecule is CNC(c1cccc(OC2CC2)c1)c1ccoc1Br. The summed E-state index contributed by atoms with van der Waals surface area (Å²) in [7, 11) is 1.94. The summed E-state index contributed by atoms with van der Waals surface area (Å²) in [6, 6.07) is 10.3. The maximum atomic E-state index is 5.85. The lowest BCUT2D eigenvalue weighted by molar-refractivity contribution is 0.302. The number of hydrogen-bond acceptors (Lipinski definition) is 3. The van der Waals surface area contributed by atoms with E-state index in [2.05, 4.69) is 33.4 Å². The van der Waals surface area contributed by atoms with E-state index >= 15 is 0 Å². The fourth-order valence-electron chi connectivity index (χ4n) is 2.16. The van der Waals surface area contributed by atoms with Crippen LogP contribution in [-0.4, -0.2) is 13.2 Å². The zero-order chi connectivity index (χ0) is 13.2. The van der Waals surface area contributed by atoms with Gasteiger partial charge in [0.1, 0.15) is 5.75 Å². The molecule has 1 aromatic carbocycles. The summed E-state index contributed by atoms with van der Waals surface area (Å²) in [6.07, 6.45) is 4.46. The molecular weight excluding hydrogens is 306 g/mol. The Bertz CT molecular complexity index is 563. The van der Waals surface area contributed by atoms with E-state index in [0.717, 1.165) is 16.0 Å². The second kappa shape index (κ2) is 5.39. The Balaban J connectivity index is 1.88. The Morgan fingerprint density at radius 1 is 1.37 bits per heavy atom. The van der Waals surface area contributed by atoms with E-state index in [1.54, 1.807) is 6.26 Å². The number of benzene rings is 1. The third kappa shape index (κ3) is 2.85. The Kier molecular flexibility index (Phi) is 3.62. The van der Waals surface area contributed by atoms with Crippen molar-refractivity contribution in [2.75, 3.05) is 7.05 Å². The first kappa shape index (κ1) is 12.8. The van der Waals surface area contributed by atoms with Crippen molar-refractivity contribution in [2.45, 2.75) is 25.0 Å². The van der Waals surface area contributed by atoms with Crippen LogP contribution in [-0.2, 0) is 0 Å². The number of furan rings is 1. The molecule has 1 heterocycles. The number of hydrogen-bond donors (Lipinski definition) is 1. The average molecular weight is 322 g/mol. The second-order valence-electron chi connectivity index (χ2n) is 4.76. The Morgan fingerprint density at radius 3 is 2.84 bits per heavy atom. The summed E-state index contributed by atoms with van der Waals surface area (Å²) in [6.45, 7) is 0. The molecule has 2 aromatic rings. The van der Waals surface area contributed by atoms with E-state index in [1.807, 2.05) is 25.2 Å². The van der Waals surface area contributed by atoms with Gasteiger partial charge in [-0.15, -0.1) is 0 Å². The van der Waals surface area contributed by atoms with Gasteiger partial charge in [-0.05, 0) is 59.6 Å². The lowest BCUT2D eigenvalue weighted by Crippen LogP contribution is -2.17. The van der Waals surface area contributed by atoms with E-state index < -0.39 is 0 Å². The van der Waals surface area contributed by atoms with Gasteiger partial charge in [0, 0.05) is 5.56 Å². The highest BCUT2D eigenvalue weighted by atomic mass is 79.9. The van der Waals surface area contributed by atoms with Crippen LogP contribution in [0.5, 0.6) is 5.75 Å². The van der Waals surface area contributed by atoms with Crippen LogP contribution < -0.4 is 10.1 Å².